The van der Waals surface area contributed by atoms with Crippen LogP contribution in [0.5, 0.6) is 5.75 Å². The first-order valence-electron chi connectivity index (χ1n) is 12.0. The van der Waals surface area contributed by atoms with Gasteiger partial charge in [-0.3, -0.25) is 4.79 Å². The summed E-state index contributed by atoms with van der Waals surface area (Å²) in [6.07, 6.45) is 0.146. The van der Waals surface area contributed by atoms with E-state index in [0.717, 1.165) is 22.3 Å². The molecule has 0 saturated heterocycles. The highest BCUT2D eigenvalue weighted by Crippen LogP contribution is 2.24. The maximum Gasteiger partial charge on any atom is 0.326 e. The largest absolute Gasteiger partial charge is 0.508 e. The highest BCUT2D eigenvalue weighted by Gasteiger charge is 2.22. The molecule has 0 aliphatic carbocycles. The fourth-order valence-electron chi connectivity index (χ4n) is 3.88. The molecule has 0 aliphatic heterocycles. The third-order valence-corrected chi connectivity index (χ3v) is 6.13. The van der Waals surface area contributed by atoms with Gasteiger partial charge in [0.25, 0.3) is 5.91 Å². The molecular formula is C30H29N3O4. The number of carbonyl (C=O) groups is 2. The van der Waals surface area contributed by atoms with Crippen molar-refractivity contribution in [3.05, 3.63) is 102 Å². The maximum absolute atomic E-state index is 12.7. The predicted octanol–water partition coefficient (Wildman–Crippen LogP) is 5.24. The molecule has 0 fully saturated rings. The van der Waals surface area contributed by atoms with Gasteiger partial charge in [0.15, 0.2) is 0 Å². The van der Waals surface area contributed by atoms with Gasteiger partial charge in [0.1, 0.15) is 11.8 Å². The van der Waals surface area contributed by atoms with Crippen LogP contribution in [0.15, 0.2) is 84.9 Å². The van der Waals surface area contributed by atoms with Crippen LogP contribution in [-0.2, 0) is 16.6 Å². The molecule has 1 amide bonds. The van der Waals surface area contributed by atoms with Crippen molar-refractivity contribution >= 4 is 11.9 Å². The van der Waals surface area contributed by atoms with E-state index in [-0.39, 0.29) is 17.6 Å². The lowest BCUT2D eigenvalue weighted by Gasteiger charge is -2.19. The second-order valence-corrected chi connectivity index (χ2v) is 9.94. The number of carbonyl (C=O) groups excluding carboxylic acids is 1. The molecule has 4 aromatic rings. The van der Waals surface area contributed by atoms with E-state index in [2.05, 4.69) is 36.3 Å². The Kier molecular flexibility index (Phi) is 7.34. The number of aliphatic carboxylic acids is 1. The highest BCUT2D eigenvalue weighted by molar-refractivity contribution is 5.96. The first-order chi connectivity index (χ1) is 17.6. The molecule has 3 N–H and O–H groups in total. The molecule has 0 spiro atoms. The number of aromatic nitrogens is 2. The van der Waals surface area contributed by atoms with Gasteiger partial charge in [-0.05, 0) is 65.1 Å². The number of phenolic OH excluding ortho intramolecular Hbond substituents is 1. The third-order valence-electron chi connectivity index (χ3n) is 6.13. The van der Waals surface area contributed by atoms with Crippen molar-refractivity contribution in [1.82, 2.24) is 15.5 Å². The zero-order valence-corrected chi connectivity index (χ0v) is 21.0. The minimum atomic E-state index is -1.10. The normalized spacial score (nSPS) is 12.1. The summed E-state index contributed by atoms with van der Waals surface area (Å²) < 4.78 is 0. The number of benzene rings is 3. The summed E-state index contributed by atoms with van der Waals surface area (Å²) in [5, 5.41) is 30.3. The van der Waals surface area contributed by atoms with Gasteiger partial charge in [-0.15, -0.1) is 10.2 Å². The molecule has 0 aliphatic rings. The molecule has 4 rings (SSSR count). The molecule has 1 aromatic heterocycles. The number of rotatable bonds is 7. The second-order valence-electron chi connectivity index (χ2n) is 9.94. The van der Waals surface area contributed by atoms with E-state index in [4.69, 9.17) is 0 Å². The zero-order chi connectivity index (χ0) is 26.6. The Morgan fingerprint density at radius 2 is 1.30 bits per heavy atom. The quantitative estimate of drug-likeness (QED) is 0.323. The summed E-state index contributed by atoms with van der Waals surface area (Å²) in [5.41, 5.74) is 5.30. The first kappa shape index (κ1) is 25.6. The van der Waals surface area contributed by atoms with Crippen LogP contribution >= 0.6 is 0 Å². The average Bonchev–Trinajstić information content (AvgIpc) is 2.89. The van der Waals surface area contributed by atoms with Gasteiger partial charge < -0.3 is 15.5 Å². The Labute approximate surface area is 215 Å². The van der Waals surface area contributed by atoms with Crippen LogP contribution in [0, 0.1) is 0 Å². The topological polar surface area (TPSA) is 112 Å². The lowest BCUT2D eigenvalue weighted by molar-refractivity contribution is -0.139. The molecule has 1 unspecified atom stereocenters. The van der Waals surface area contributed by atoms with Crippen molar-refractivity contribution in [2.45, 2.75) is 38.6 Å². The average molecular weight is 496 g/mol. The van der Waals surface area contributed by atoms with Crippen molar-refractivity contribution < 1.29 is 19.8 Å². The smallest absolute Gasteiger partial charge is 0.326 e. The van der Waals surface area contributed by atoms with Gasteiger partial charge in [-0.2, -0.15) is 0 Å². The number of carboxylic acids is 1. The van der Waals surface area contributed by atoms with E-state index < -0.39 is 17.9 Å². The van der Waals surface area contributed by atoms with Gasteiger partial charge in [-0.25, -0.2) is 4.79 Å². The maximum atomic E-state index is 12.7. The number of phenols is 1. The molecule has 0 saturated carbocycles. The van der Waals surface area contributed by atoms with Crippen molar-refractivity contribution in [3.8, 4) is 28.3 Å². The van der Waals surface area contributed by atoms with E-state index in [1.165, 1.54) is 0 Å². The molecule has 7 nitrogen and oxygen atoms in total. The van der Waals surface area contributed by atoms with Crippen LogP contribution in [0.2, 0.25) is 0 Å². The number of hydrogen-bond donors (Lipinski definition) is 3. The molecule has 188 valence electrons. The van der Waals surface area contributed by atoms with Gasteiger partial charge in [0.05, 0.1) is 11.4 Å². The van der Waals surface area contributed by atoms with Crippen molar-refractivity contribution in [2.75, 3.05) is 0 Å². The molecule has 0 radical (unpaired) electrons. The third kappa shape index (κ3) is 6.38. The van der Waals surface area contributed by atoms with Gasteiger partial charge >= 0.3 is 5.97 Å². The van der Waals surface area contributed by atoms with E-state index in [0.29, 0.717) is 17.0 Å². The Morgan fingerprint density at radius 3 is 1.76 bits per heavy atom. The summed E-state index contributed by atoms with van der Waals surface area (Å²) in [7, 11) is 0. The highest BCUT2D eigenvalue weighted by atomic mass is 16.4. The minimum Gasteiger partial charge on any atom is -0.508 e. The van der Waals surface area contributed by atoms with Crippen LogP contribution in [0.25, 0.3) is 22.5 Å². The molecule has 37 heavy (non-hydrogen) atoms. The Morgan fingerprint density at radius 1 is 0.784 bits per heavy atom. The van der Waals surface area contributed by atoms with Crippen LogP contribution in [0.1, 0.15) is 42.3 Å². The Balaban J connectivity index is 1.42. The van der Waals surface area contributed by atoms with E-state index in [9.17, 15) is 19.8 Å². The van der Waals surface area contributed by atoms with Crippen LogP contribution in [-0.4, -0.2) is 38.3 Å². The number of nitrogens with zero attached hydrogens (tertiary/aromatic N) is 2. The molecule has 3 aromatic carbocycles. The number of nitrogens with one attached hydrogen (secondary N) is 1. The van der Waals surface area contributed by atoms with E-state index in [1.807, 2.05) is 48.5 Å². The zero-order valence-electron chi connectivity index (χ0n) is 21.0. The standard InChI is InChI=1S/C30H29N3O4/c1-30(2,3)23-12-8-22(9-13-23)28(35)31-27(29(36)37)18-19-4-6-20(7-5-19)25-16-17-26(33-32-25)21-10-14-24(34)15-11-21/h4-17,27,34H,18H2,1-3H3,(H,31,35)(H,36,37). The SMILES string of the molecule is CC(C)(C)c1ccc(C(=O)NC(Cc2ccc(-c3ccc(-c4ccc(O)cc4)nn3)cc2)C(=O)O)cc1. The predicted molar refractivity (Wildman–Crippen MR) is 142 cm³/mol. The molecular weight excluding hydrogens is 466 g/mol. The molecule has 1 heterocycles. The Bertz CT molecular complexity index is 1370. The minimum absolute atomic E-state index is 0.0366. The van der Waals surface area contributed by atoms with Gasteiger partial charge in [0, 0.05) is 23.1 Å². The van der Waals surface area contributed by atoms with Crippen LogP contribution in [0.3, 0.4) is 0 Å². The molecule has 1 atom stereocenters. The Hall–Kier alpha value is -4.52. The lowest BCUT2D eigenvalue weighted by atomic mass is 9.86. The fourth-order valence-corrected chi connectivity index (χ4v) is 3.88. The lowest BCUT2D eigenvalue weighted by Crippen LogP contribution is -2.42. The van der Waals surface area contributed by atoms with Crippen LogP contribution < -0.4 is 5.32 Å². The number of amides is 1. The summed E-state index contributed by atoms with van der Waals surface area (Å²) in [6.45, 7) is 6.27. The summed E-state index contributed by atoms with van der Waals surface area (Å²) in [6, 6.07) is 24.0. The molecule has 7 heteroatoms. The summed E-state index contributed by atoms with van der Waals surface area (Å²) >= 11 is 0. The number of carboxylic acid groups (broad SMARTS) is 1. The molecule has 0 bridgehead atoms. The first-order valence-corrected chi connectivity index (χ1v) is 12.0. The van der Waals surface area contributed by atoms with E-state index >= 15 is 0 Å². The summed E-state index contributed by atoms with van der Waals surface area (Å²) in [4.78, 5) is 24.6. The fraction of sp³-hybridized carbons (Fsp3) is 0.200. The summed E-state index contributed by atoms with van der Waals surface area (Å²) in [5.74, 6) is -1.33. The van der Waals surface area contributed by atoms with Gasteiger partial charge in [0.2, 0.25) is 0 Å². The van der Waals surface area contributed by atoms with Crippen molar-refractivity contribution in [3.63, 3.8) is 0 Å². The number of hydrogen-bond acceptors (Lipinski definition) is 5. The van der Waals surface area contributed by atoms with Crippen LogP contribution in [0.4, 0.5) is 0 Å². The van der Waals surface area contributed by atoms with Crippen molar-refractivity contribution in [2.24, 2.45) is 0 Å². The van der Waals surface area contributed by atoms with Gasteiger partial charge in [-0.1, -0.05) is 57.2 Å². The monoisotopic (exact) mass is 495 g/mol. The second kappa shape index (κ2) is 10.6. The number of aromatic hydroxyl groups is 1. The van der Waals surface area contributed by atoms with Crippen molar-refractivity contribution in [1.29, 1.82) is 0 Å². The van der Waals surface area contributed by atoms with E-state index in [1.54, 1.807) is 36.4 Å².